The maximum Gasteiger partial charge on any atom is 0.264 e. The van der Waals surface area contributed by atoms with E-state index in [2.05, 4.69) is 20.8 Å². The highest BCUT2D eigenvalue weighted by Gasteiger charge is 2.18. The maximum absolute atomic E-state index is 12.7. The minimum Gasteiger partial charge on any atom is -0.438 e. The summed E-state index contributed by atoms with van der Waals surface area (Å²) < 4.78 is 33.7. The molecule has 0 spiro atoms. The molecule has 0 aliphatic rings. The normalized spacial score (nSPS) is 10.8. The first kappa shape index (κ1) is 20.8. The first-order chi connectivity index (χ1) is 15.4. The van der Waals surface area contributed by atoms with Crippen molar-refractivity contribution in [2.24, 2.45) is 0 Å². The summed E-state index contributed by atoms with van der Waals surface area (Å²) >= 11 is 0. The fourth-order valence-corrected chi connectivity index (χ4v) is 3.88. The molecular weight excluding hydrogens is 426 g/mol. The lowest BCUT2D eigenvalue weighted by molar-refractivity contribution is 0.464. The zero-order chi connectivity index (χ0) is 22.6. The molecule has 0 aliphatic heterocycles. The van der Waals surface area contributed by atoms with Crippen LogP contribution in [0.5, 0.6) is 11.6 Å². The minimum atomic E-state index is -3.96. The third-order valence-electron chi connectivity index (χ3n) is 4.43. The largest absolute Gasteiger partial charge is 0.438 e. The van der Waals surface area contributed by atoms with Crippen LogP contribution in [0.25, 0.3) is 11.1 Å². The molecular formula is C23H17N5O3S. The quantitative estimate of drug-likeness (QED) is 0.427. The number of hydrogen-bond donors (Lipinski definition) is 2. The van der Waals surface area contributed by atoms with E-state index in [1.165, 1.54) is 18.3 Å². The number of para-hydroxylation sites is 1. The molecule has 3 aromatic carbocycles. The van der Waals surface area contributed by atoms with E-state index >= 15 is 0 Å². The first-order valence-electron chi connectivity index (χ1n) is 9.43. The van der Waals surface area contributed by atoms with E-state index in [0.29, 0.717) is 28.1 Å². The van der Waals surface area contributed by atoms with E-state index in [0.717, 1.165) is 0 Å². The lowest BCUT2D eigenvalue weighted by Crippen LogP contribution is -2.15. The summed E-state index contributed by atoms with van der Waals surface area (Å²) in [7, 11) is -3.96. The van der Waals surface area contributed by atoms with Crippen LogP contribution in [-0.2, 0) is 10.0 Å². The van der Waals surface area contributed by atoms with Gasteiger partial charge in [-0.3, -0.25) is 0 Å². The topological polar surface area (TPSA) is 131 Å². The van der Waals surface area contributed by atoms with Crippen LogP contribution in [0.3, 0.4) is 0 Å². The molecule has 0 amide bonds. The Hall–Kier alpha value is -4.42. The Morgan fingerprint density at radius 3 is 2.41 bits per heavy atom. The average molecular weight is 443 g/mol. The second-order valence-electron chi connectivity index (χ2n) is 6.69. The summed E-state index contributed by atoms with van der Waals surface area (Å²) in [5, 5.41) is 9.03. The second kappa shape index (κ2) is 8.75. The van der Waals surface area contributed by atoms with Crippen LogP contribution in [-0.4, -0.2) is 18.4 Å². The molecule has 0 unspecified atom stereocenters. The summed E-state index contributed by atoms with van der Waals surface area (Å²) in [5.41, 5.74) is 7.77. The van der Waals surface area contributed by atoms with E-state index in [-0.39, 0.29) is 16.7 Å². The standard InChI is InChI=1S/C23H17N5O3S/c24-14-16-9-11-17(12-10-16)21-15-26-23(27-22(21)31-19-6-2-1-3-7-19)28-32(29,30)20-8-4-5-18(25)13-20/h1-13,15H,25H2,(H,26,27,28). The number of nitrogen functional groups attached to an aromatic ring is 1. The Labute approximate surface area is 185 Å². The summed E-state index contributed by atoms with van der Waals surface area (Å²) in [6.45, 7) is 0. The lowest BCUT2D eigenvalue weighted by atomic mass is 10.1. The van der Waals surface area contributed by atoms with E-state index in [1.807, 2.05) is 6.07 Å². The zero-order valence-corrected chi connectivity index (χ0v) is 17.5. The Morgan fingerprint density at radius 1 is 0.969 bits per heavy atom. The molecule has 0 saturated carbocycles. The van der Waals surface area contributed by atoms with Gasteiger partial charge in [-0.25, -0.2) is 18.1 Å². The molecule has 1 aromatic heterocycles. The molecule has 0 aliphatic carbocycles. The number of nitrogens with two attached hydrogens (primary N) is 1. The summed E-state index contributed by atoms with van der Waals surface area (Å²) in [4.78, 5) is 8.44. The van der Waals surface area contributed by atoms with Gasteiger partial charge in [0.1, 0.15) is 5.75 Å². The maximum atomic E-state index is 12.7. The molecule has 0 fully saturated rings. The number of sulfonamides is 1. The van der Waals surface area contributed by atoms with Crippen molar-refractivity contribution in [3.63, 3.8) is 0 Å². The van der Waals surface area contributed by atoms with Crippen LogP contribution in [0.4, 0.5) is 11.6 Å². The van der Waals surface area contributed by atoms with E-state index < -0.39 is 10.0 Å². The number of rotatable bonds is 6. The second-order valence-corrected chi connectivity index (χ2v) is 8.38. The monoisotopic (exact) mass is 443 g/mol. The highest BCUT2D eigenvalue weighted by Crippen LogP contribution is 2.32. The number of ether oxygens (including phenoxy) is 1. The average Bonchev–Trinajstić information content (AvgIpc) is 2.80. The first-order valence-corrected chi connectivity index (χ1v) is 10.9. The van der Waals surface area contributed by atoms with Crippen molar-refractivity contribution in [2.75, 3.05) is 10.5 Å². The van der Waals surface area contributed by atoms with Crippen molar-refractivity contribution in [2.45, 2.75) is 4.90 Å². The fraction of sp³-hybridized carbons (Fsp3) is 0. The molecule has 0 bridgehead atoms. The molecule has 9 heteroatoms. The molecule has 4 rings (SSSR count). The summed E-state index contributed by atoms with van der Waals surface area (Å²) in [5.74, 6) is 0.516. The van der Waals surface area contributed by atoms with Crippen molar-refractivity contribution in [1.29, 1.82) is 5.26 Å². The van der Waals surface area contributed by atoms with Crippen LogP contribution < -0.4 is 15.2 Å². The number of aromatic nitrogens is 2. The lowest BCUT2D eigenvalue weighted by Gasteiger charge is -2.13. The number of hydrogen-bond acceptors (Lipinski definition) is 7. The fourth-order valence-electron chi connectivity index (χ4n) is 2.88. The van der Waals surface area contributed by atoms with Gasteiger partial charge in [0.2, 0.25) is 11.8 Å². The number of anilines is 2. The van der Waals surface area contributed by atoms with Gasteiger partial charge in [-0.2, -0.15) is 10.2 Å². The third kappa shape index (κ3) is 4.66. The highest BCUT2D eigenvalue weighted by atomic mass is 32.2. The van der Waals surface area contributed by atoms with E-state index in [4.69, 9.17) is 15.7 Å². The van der Waals surface area contributed by atoms with Crippen molar-refractivity contribution >= 4 is 21.7 Å². The summed E-state index contributed by atoms with van der Waals surface area (Å²) in [6, 6.07) is 23.7. The van der Waals surface area contributed by atoms with Crippen LogP contribution in [0.15, 0.2) is 90.0 Å². The SMILES string of the molecule is N#Cc1ccc(-c2cnc(NS(=O)(=O)c3cccc(N)c3)nc2Oc2ccccc2)cc1. The number of nitrogens with zero attached hydrogens (tertiary/aromatic N) is 3. The van der Waals surface area contributed by atoms with Gasteiger partial charge >= 0.3 is 0 Å². The van der Waals surface area contributed by atoms with Gasteiger partial charge in [0.25, 0.3) is 10.0 Å². The van der Waals surface area contributed by atoms with Gasteiger partial charge in [0.05, 0.1) is 22.1 Å². The number of nitriles is 1. The van der Waals surface area contributed by atoms with Gasteiger partial charge in [-0.05, 0) is 48.0 Å². The molecule has 32 heavy (non-hydrogen) atoms. The van der Waals surface area contributed by atoms with Crippen molar-refractivity contribution < 1.29 is 13.2 Å². The van der Waals surface area contributed by atoms with Crippen molar-refractivity contribution in [3.8, 4) is 28.8 Å². The summed E-state index contributed by atoms with van der Waals surface area (Å²) in [6.07, 6.45) is 1.46. The minimum absolute atomic E-state index is 0.0113. The molecule has 0 atom stereocenters. The molecule has 8 nitrogen and oxygen atoms in total. The number of nitrogens with one attached hydrogen (secondary N) is 1. The molecule has 0 saturated heterocycles. The third-order valence-corrected chi connectivity index (χ3v) is 5.76. The predicted octanol–water partition coefficient (Wildman–Crippen LogP) is 4.19. The van der Waals surface area contributed by atoms with E-state index in [1.54, 1.807) is 60.7 Å². The Bertz CT molecular complexity index is 1400. The van der Waals surface area contributed by atoms with E-state index in [9.17, 15) is 8.42 Å². The predicted molar refractivity (Wildman–Crippen MR) is 120 cm³/mol. The smallest absolute Gasteiger partial charge is 0.264 e. The van der Waals surface area contributed by atoms with Gasteiger partial charge in [0, 0.05) is 11.9 Å². The molecule has 0 radical (unpaired) electrons. The highest BCUT2D eigenvalue weighted by molar-refractivity contribution is 7.92. The zero-order valence-electron chi connectivity index (χ0n) is 16.6. The van der Waals surface area contributed by atoms with Crippen LogP contribution in [0.2, 0.25) is 0 Å². The van der Waals surface area contributed by atoms with Crippen molar-refractivity contribution in [1.82, 2.24) is 9.97 Å². The molecule has 3 N–H and O–H groups in total. The van der Waals surface area contributed by atoms with Crippen molar-refractivity contribution in [3.05, 3.63) is 90.6 Å². The van der Waals surface area contributed by atoms with Gasteiger partial charge in [-0.1, -0.05) is 36.4 Å². The molecule has 158 valence electrons. The Balaban J connectivity index is 1.73. The molecule has 4 aromatic rings. The van der Waals surface area contributed by atoms with Crippen LogP contribution >= 0.6 is 0 Å². The molecule has 1 heterocycles. The Kier molecular flexibility index (Phi) is 5.70. The number of benzene rings is 3. The van der Waals surface area contributed by atoms with Crippen LogP contribution in [0.1, 0.15) is 5.56 Å². The van der Waals surface area contributed by atoms with Gasteiger partial charge in [-0.15, -0.1) is 0 Å². The van der Waals surface area contributed by atoms with Gasteiger partial charge < -0.3 is 10.5 Å². The van der Waals surface area contributed by atoms with Gasteiger partial charge in [0.15, 0.2) is 0 Å². The van der Waals surface area contributed by atoms with Crippen LogP contribution in [0, 0.1) is 11.3 Å². The Morgan fingerprint density at radius 2 is 1.72 bits per heavy atom.